The average Bonchev–Trinajstić information content (AvgIpc) is 3.18. The zero-order chi connectivity index (χ0) is 38.9. The molecule has 0 saturated heterocycles. The van der Waals surface area contributed by atoms with Crippen molar-refractivity contribution in [2.24, 2.45) is 0 Å². The molecule has 0 unspecified atom stereocenters. The smallest absolute Gasteiger partial charge is 0.416 e. The van der Waals surface area contributed by atoms with Crippen molar-refractivity contribution in [3.8, 4) is 45.3 Å². The van der Waals surface area contributed by atoms with Gasteiger partial charge in [0.1, 0.15) is 0 Å². The number of aryl methyl sites for hydroxylation is 2. The molecule has 0 atom stereocenters. The van der Waals surface area contributed by atoms with Crippen LogP contribution < -0.4 is 19.3 Å². The number of anilines is 6. The maximum atomic E-state index is 14.4. The van der Waals surface area contributed by atoms with Gasteiger partial charge in [0.15, 0.2) is 23.0 Å². The number of hydrogen-bond acceptors (Lipinski definition) is 4. The van der Waals surface area contributed by atoms with E-state index < -0.39 is 23.5 Å². The van der Waals surface area contributed by atoms with Crippen molar-refractivity contribution in [3.63, 3.8) is 0 Å². The molecule has 2 aliphatic heterocycles. The number of fused-ring (bicyclic) bond motifs is 4. The lowest BCUT2D eigenvalue weighted by Gasteiger charge is -2.35. The fourth-order valence-electron chi connectivity index (χ4n) is 7.57. The van der Waals surface area contributed by atoms with Crippen LogP contribution in [-0.4, -0.2) is 0 Å². The molecule has 0 bridgehead atoms. The number of hydrogen-bond donors (Lipinski definition) is 0. The summed E-state index contributed by atoms with van der Waals surface area (Å²) in [5.74, 6) is 2.12. The Kier molecular flexibility index (Phi) is 8.12. The van der Waals surface area contributed by atoms with Gasteiger partial charge in [-0.1, -0.05) is 60.7 Å². The van der Waals surface area contributed by atoms with Crippen LogP contribution in [0.2, 0.25) is 0 Å². The number of nitrogens with zero attached hydrogens (tertiary/aromatic N) is 2. The summed E-state index contributed by atoms with van der Waals surface area (Å²) in [4.78, 5) is 3.76. The Labute approximate surface area is 318 Å². The van der Waals surface area contributed by atoms with E-state index in [-0.39, 0.29) is 0 Å². The Morgan fingerprint density at radius 3 is 0.964 bits per heavy atom. The summed E-state index contributed by atoms with van der Waals surface area (Å²) in [6.45, 7) is 3.52. The van der Waals surface area contributed by atoms with Gasteiger partial charge in [0.25, 0.3) is 0 Å². The minimum Gasteiger partial charge on any atom is -0.453 e. The minimum absolute atomic E-state index is 0.291. The average molecular weight is 757 g/mol. The van der Waals surface area contributed by atoms with Gasteiger partial charge in [-0.3, -0.25) is 0 Å². The van der Waals surface area contributed by atoms with E-state index >= 15 is 0 Å². The molecule has 0 radical (unpaired) electrons. The van der Waals surface area contributed by atoms with Crippen molar-refractivity contribution in [2.75, 3.05) is 9.80 Å². The van der Waals surface area contributed by atoms with E-state index in [1.807, 2.05) is 82.6 Å². The number of rotatable bonds is 4. The molecule has 7 aromatic rings. The SMILES string of the molecule is Cc1cc(-c2cc(C(F)(F)F)ccc2N2c3ccccc3Oc3ccccc32)c(C)cc1-c1cc(C(F)(F)F)ccc1N1c2ccccc2Oc2ccccc21. The molecule has 2 heterocycles. The van der Waals surface area contributed by atoms with Gasteiger partial charge in [0, 0.05) is 11.1 Å². The molecular formula is C46H30F6N2O2. The van der Waals surface area contributed by atoms with Crippen molar-refractivity contribution in [2.45, 2.75) is 26.2 Å². The van der Waals surface area contributed by atoms with Crippen LogP contribution in [0.1, 0.15) is 22.3 Å². The Morgan fingerprint density at radius 1 is 0.357 bits per heavy atom. The van der Waals surface area contributed by atoms with Crippen LogP contribution in [0, 0.1) is 13.8 Å². The normalized spacial score (nSPS) is 13.2. The van der Waals surface area contributed by atoms with Gasteiger partial charge in [-0.15, -0.1) is 0 Å². The maximum Gasteiger partial charge on any atom is 0.416 e. The summed E-state index contributed by atoms with van der Waals surface area (Å²) < 4.78 is 98.9. The van der Waals surface area contributed by atoms with Crippen LogP contribution in [0.4, 0.5) is 60.5 Å². The molecule has 0 saturated carbocycles. The number of alkyl halides is 6. The summed E-state index contributed by atoms with van der Waals surface area (Å²) in [6.07, 6.45) is -9.29. The summed E-state index contributed by atoms with van der Waals surface area (Å²) in [6, 6.07) is 39.9. The molecular weight excluding hydrogens is 727 g/mol. The number of halogens is 6. The Bertz CT molecular complexity index is 2410. The lowest BCUT2D eigenvalue weighted by molar-refractivity contribution is -0.138. The molecule has 0 N–H and O–H groups in total. The van der Waals surface area contributed by atoms with E-state index in [0.29, 0.717) is 90.5 Å². The summed E-state index contributed by atoms with van der Waals surface area (Å²) in [5.41, 5.74) is 4.50. The summed E-state index contributed by atoms with van der Waals surface area (Å²) in [7, 11) is 0. The predicted octanol–water partition coefficient (Wildman–Crippen LogP) is 14.8. The van der Waals surface area contributed by atoms with Gasteiger partial charge in [-0.2, -0.15) is 26.3 Å². The van der Waals surface area contributed by atoms with Crippen molar-refractivity contribution in [3.05, 3.63) is 168 Å². The third-order valence-electron chi connectivity index (χ3n) is 10.1. The fraction of sp³-hybridized carbons (Fsp3) is 0.0870. The molecule has 0 amide bonds. The second kappa shape index (κ2) is 13.0. The molecule has 0 aromatic heterocycles. The summed E-state index contributed by atoms with van der Waals surface area (Å²) in [5, 5.41) is 0. The molecule has 0 fully saturated rings. The zero-order valence-corrected chi connectivity index (χ0v) is 29.8. The molecule has 4 nitrogen and oxygen atoms in total. The molecule has 0 spiro atoms. The first kappa shape index (κ1) is 35.0. The molecule has 0 aliphatic carbocycles. The van der Waals surface area contributed by atoms with E-state index in [9.17, 15) is 26.3 Å². The van der Waals surface area contributed by atoms with Crippen LogP contribution in [0.25, 0.3) is 22.3 Å². The lowest BCUT2D eigenvalue weighted by Crippen LogP contribution is -2.17. The van der Waals surface area contributed by atoms with Gasteiger partial charge >= 0.3 is 12.4 Å². The second-order valence-corrected chi connectivity index (χ2v) is 13.7. The number of ether oxygens (including phenoxy) is 2. The van der Waals surface area contributed by atoms with Gasteiger partial charge in [0.05, 0.1) is 45.3 Å². The largest absolute Gasteiger partial charge is 0.453 e. The van der Waals surface area contributed by atoms with Gasteiger partial charge in [-0.25, -0.2) is 0 Å². The molecule has 278 valence electrons. The van der Waals surface area contributed by atoms with Crippen molar-refractivity contribution < 1.29 is 35.8 Å². The number of para-hydroxylation sites is 8. The highest BCUT2D eigenvalue weighted by Crippen LogP contribution is 2.55. The first-order valence-corrected chi connectivity index (χ1v) is 17.7. The number of benzene rings is 7. The van der Waals surface area contributed by atoms with Crippen LogP contribution >= 0.6 is 0 Å². The zero-order valence-electron chi connectivity index (χ0n) is 29.8. The van der Waals surface area contributed by atoms with Crippen LogP contribution in [-0.2, 0) is 12.4 Å². The van der Waals surface area contributed by atoms with E-state index in [1.165, 1.54) is 12.1 Å². The monoisotopic (exact) mass is 756 g/mol. The second-order valence-electron chi connectivity index (χ2n) is 13.7. The van der Waals surface area contributed by atoms with E-state index in [1.54, 1.807) is 50.2 Å². The first-order chi connectivity index (χ1) is 26.9. The van der Waals surface area contributed by atoms with Crippen molar-refractivity contribution in [1.29, 1.82) is 0 Å². The quantitative estimate of drug-likeness (QED) is 0.167. The highest BCUT2D eigenvalue weighted by Gasteiger charge is 2.36. The highest BCUT2D eigenvalue weighted by atomic mass is 19.4. The molecule has 10 heteroatoms. The Hall–Kier alpha value is -6.68. The van der Waals surface area contributed by atoms with Crippen molar-refractivity contribution >= 4 is 34.1 Å². The topological polar surface area (TPSA) is 24.9 Å². The van der Waals surface area contributed by atoms with Gasteiger partial charge < -0.3 is 19.3 Å². The predicted molar refractivity (Wildman–Crippen MR) is 206 cm³/mol. The van der Waals surface area contributed by atoms with Crippen molar-refractivity contribution in [1.82, 2.24) is 0 Å². The molecule has 7 aromatic carbocycles. The fourth-order valence-corrected chi connectivity index (χ4v) is 7.57. The lowest BCUT2D eigenvalue weighted by atomic mass is 9.88. The maximum absolute atomic E-state index is 14.4. The Balaban J connectivity index is 1.27. The molecule has 9 rings (SSSR count). The van der Waals surface area contributed by atoms with E-state index in [0.717, 1.165) is 24.3 Å². The van der Waals surface area contributed by atoms with E-state index in [2.05, 4.69) is 0 Å². The van der Waals surface area contributed by atoms with Gasteiger partial charge in [0.2, 0.25) is 0 Å². The van der Waals surface area contributed by atoms with E-state index in [4.69, 9.17) is 9.47 Å². The van der Waals surface area contributed by atoms with Crippen LogP contribution in [0.3, 0.4) is 0 Å². The third-order valence-corrected chi connectivity index (χ3v) is 10.1. The van der Waals surface area contributed by atoms with Gasteiger partial charge in [-0.05, 0) is 121 Å². The first-order valence-electron chi connectivity index (χ1n) is 17.7. The summed E-state index contributed by atoms with van der Waals surface area (Å²) >= 11 is 0. The molecule has 2 aliphatic rings. The standard InChI is InChI=1S/C46H30F6N2O2/c1-27-23-32(34-26-30(46(50,51)52)20-22-36(34)54-39-13-5-9-17-43(39)56-44-18-10-6-14-40(44)54)28(2)24-31(27)33-25-29(45(47,48)49)19-21-35(33)53-37-11-3-7-15-41(37)55-42-16-8-4-12-38(42)53/h3-26H,1-2H3. The highest BCUT2D eigenvalue weighted by molar-refractivity contribution is 5.97. The van der Waals surface area contributed by atoms with Crippen LogP contribution in [0.15, 0.2) is 146 Å². The van der Waals surface area contributed by atoms with Crippen LogP contribution in [0.5, 0.6) is 23.0 Å². The third kappa shape index (κ3) is 5.89. The molecule has 56 heavy (non-hydrogen) atoms. The Morgan fingerprint density at radius 2 is 0.661 bits per heavy atom. The minimum atomic E-state index is -4.64.